The third kappa shape index (κ3) is 4.97. The molecule has 1 aliphatic rings. The number of piperidine rings is 1. The SMILES string of the molecule is CS(=O)(=O)N1CCC(C(=O)NCCc2cc(F)ccc2F)CC1. The first-order valence-electron chi connectivity index (χ1n) is 7.44. The number of halogens is 2. The van der Waals surface area contributed by atoms with Crippen molar-refractivity contribution in [2.24, 2.45) is 5.92 Å². The van der Waals surface area contributed by atoms with Crippen LogP contribution in [0.25, 0.3) is 0 Å². The molecular formula is C15H20F2N2O3S. The molecule has 1 amide bonds. The van der Waals surface area contributed by atoms with Crippen molar-refractivity contribution in [2.75, 3.05) is 25.9 Å². The van der Waals surface area contributed by atoms with Crippen LogP contribution in [-0.2, 0) is 21.2 Å². The lowest BCUT2D eigenvalue weighted by molar-refractivity contribution is -0.126. The summed E-state index contributed by atoms with van der Waals surface area (Å²) in [6, 6.07) is 3.23. The number of rotatable bonds is 5. The Bertz CT molecular complexity index is 671. The smallest absolute Gasteiger partial charge is 0.223 e. The summed E-state index contributed by atoms with van der Waals surface area (Å²) in [5.74, 6) is -1.43. The van der Waals surface area contributed by atoms with Gasteiger partial charge in [-0.2, -0.15) is 0 Å². The van der Waals surface area contributed by atoms with Crippen molar-refractivity contribution >= 4 is 15.9 Å². The van der Waals surface area contributed by atoms with Crippen LogP contribution < -0.4 is 5.32 Å². The molecule has 1 N–H and O–H groups in total. The molecule has 1 aromatic rings. The van der Waals surface area contributed by atoms with E-state index in [9.17, 15) is 22.0 Å². The molecule has 1 saturated heterocycles. The van der Waals surface area contributed by atoms with Gasteiger partial charge in [-0.3, -0.25) is 4.79 Å². The second-order valence-corrected chi connectivity index (χ2v) is 7.70. The number of hydrogen-bond acceptors (Lipinski definition) is 3. The van der Waals surface area contributed by atoms with Gasteiger partial charge in [0.05, 0.1) is 6.26 Å². The molecule has 128 valence electrons. The van der Waals surface area contributed by atoms with E-state index in [0.29, 0.717) is 25.9 Å². The number of carbonyl (C=O) groups is 1. The van der Waals surface area contributed by atoms with Crippen LogP contribution in [0.5, 0.6) is 0 Å². The number of nitrogens with zero attached hydrogens (tertiary/aromatic N) is 1. The standard InChI is InChI=1S/C15H20F2N2O3S/c1-23(21,22)19-8-5-11(6-9-19)15(20)18-7-4-12-10-13(16)2-3-14(12)17/h2-3,10-11H,4-9H2,1H3,(H,18,20). The predicted molar refractivity (Wildman–Crippen MR) is 82.2 cm³/mol. The Morgan fingerprint density at radius 3 is 2.57 bits per heavy atom. The summed E-state index contributed by atoms with van der Waals surface area (Å²) in [6.07, 6.45) is 2.29. The van der Waals surface area contributed by atoms with Gasteiger partial charge in [-0.25, -0.2) is 21.5 Å². The van der Waals surface area contributed by atoms with Crippen LogP contribution in [0.4, 0.5) is 8.78 Å². The molecule has 0 spiro atoms. The van der Waals surface area contributed by atoms with Gasteiger partial charge < -0.3 is 5.32 Å². The molecule has 0 unspecified atom stereocenters. The van der Waals surface area contributed by atoms with Gasteiger partial charge in [0, 0.05) is 25.6 Å². The summed E-state index contributed by atoms with van der Waals surface area (Å²) in [7, 11) is -3.21. The number of sulfonamides is 1. The molecule has 2 rings (SSSR count). The van der Waals surface area contributed by atoms with Crippen molar-refractivity contribution in [2.45, 2.75) is 19.3 Å². The molecule has 1 aromatic carbocycles. The fourth-order valence-electron chi connectivity index (χ4n) is 2.65. The van der Waals surface area contributed by atoms with Crippen molar-refractivity contribution in [1.29, 1.82) is 0 Å². The van der Waals surface area contributed by atoms with Gasteiger partial charge in [0.1, 0.15) is 11.6 Å². The average Bonchev–Trinajstić information content (AvgIpc) is 2.50. The normalized spacial score (nSPS) is 17.2. The zero-order valence-electron chi connectivity index (χ0n) is 12.9. The van der Waals surface area contributed by atoms with Crippen LogP contribution in [0.2, 0.25) is 0 Å². The Balaban J connectivity index is 1.79. The fourth-order valence-corrected chi connectivity index (χ4v) is 3.52. The lowest BCUT2D eigenvalue weighted by Gasteiger charge is -2.29. The number of amides is 1. The van der Waals surface area contributed by atoms with E-state index in [1.807, 2.05) is 0 Å². The summed E-state index contributed by atoms with van der Waals surface area (Å²) in [5, 5.41) is 2.71. The highest BCUT2D eigenvalue weighted by Crippen LogP contribution is 2.19. The minimum atomic E-state index is -3.21. The third-order valence-corrected chi connectivity index (χ3v) is 5.30. The van der Waals surface area contributed by atoms with E-state index < -0.39 is 21.7 Å². The lowest BCUT2D eigenvalue weighted by Crippen LogP contribution is -2.42. The third-order valence-electron chi connectivity index (χ3n) is 4.00. The van der Waals surface area contributed by atoms with Crippen molar-refractivity contribution in [3.63, 3.8) is 0 Å². The molecule has 5 nitrogen and oxygen atoms in total. The molecule has 0 radical (unpaired) electrons. The number of nitrogens with one attached hydrogen (secondary N) is 1. The average molecular weight is 346 g/mol. The molecule has 23 heavy (non-hydrogen) atoms. The van der Waals surface area contributed by atoms with Crippen molar-refractivity contribution < 1.29 is 22.0 Å². The van der Waals surface area contributed by atoms with Gasteiger partial charge in [-0.15, -0.1) is 0 Å². The van der Waals surface area contributed by atoms with E-state index >= 15 is 0 Å². The lowest BCUT2D eigenvalue weighted by atomic mass is 9.97. The first kappa shape index (κ1) is 17.8. The Hall–Kier alpha value is -1.54. The minimum Gasteiger partial charge on any atom is -0.356 e. The first-order chi connectivity index (χ1) is 10.8. The van der Waals surface area contributed by atoms with Gasteiger partial charge in [0.25, 0.3) is 0 Å². The maximum Gasteiger partial charge on any atom is 0.223 e. The van der Waals surface area contributed by atoms with E-state index in [-0.39, 0.29) is 30.4 Å². The fraction of sp³-hybridized carbons (Fsp3) is 0.533. The molecular weight excluding hydrogens is 326 g/mol. The largest absolute Gasteiger partial charge is 0.356 e. The number of benzene rings is 1. The summed E-state index contributed by atoms with van der Waals surface area (Å²) in [6.45, 7) is 0.871. The van der Waals surface area contributed by atoms with Crippen LogP contribution in [0.15, 0.2) is 18.2 Å². The molecule has 0 saturated carbocycles. The molecule has 1 fully saturated rings. The van der Waals surface area contributed by atoms with Gasteiger partial charge in [-0.1, -0.05) is 0 Å². The summed E-state index contributed by atoms with van der Waals surface area (Å²) in [5.41, 5.74) is 0.220. The Labute approximate surface area is 134 Å². The van der Waals surface area contributed by atoms with E-state index in [4.69, 9.17) is 0 Å². The van der Waals surface area contributed by atoms with E-state index in [1.165, 1.54) is 4.31 Å². The maximum absolute atomic E-state index is 13.5. The van der Waals surface area contributed by atoms with Crippen molar-refractivity contribution in [1.82, 2.24) is 9.62 Å². The first-order valence-corrected chi connectivity index (χ1v) is 9.29. The minimum absolute atomic E-state index is 0.171. The molecule has 0 bridgehead atoms. The molecule has 1 aliphatic heterocycles. The quantitative estimate of drug-likeness (QED) is 0.874. The van der Waals surface area contributed by atoms with E-state index in [2.05, 4.69) is 5.32 Å². The van der Waals surface area contributed by atoms with E-state index in [1.54, 1.807) is 0 Å². The highest BCUT2D eigenvalue weighted by atomic mass is 32.2. The zero-order valence-corrected chi connectivity index (χ0v) is 13.7. The van der Waals surface area contributed by atoms with Gasteiger partial charge in [0.2, 0.25) is 15.9 Å². The van der Waals surface area contributed by atoms with Gasteiger partial charge in [0.15, 0.2) is 0 Å². The summed E-state index contributed by atoms with van der Waals surface area (Å²) in [4.78, 5) is 12.0. The van der Waals surface area contributed by atoms with Crippen LogP contribution in [0.3, 0.4) is 0 Å². The molecule has 1 heterocycles. The van der Waals surface area contributed by atoms with Crippen LogP contribution >= 0.6 is 0 Å². The highest BCUT2D eigenvalue weighted by molar-refractivity contribution is 7.88. The second kappa shape index (κ2) is 7.35. The molecule has 0 atom stereocenters. The maximum atomic E-state index is 13.5. The topological polar surface area (TPSA) is 66.5 Å². The summed E-state index contributed by atoms with van der Waals surface area (Å²) < 4.78 is 50.7. The van der Waals surface area contributed by atoms with Crippen molar-refractivity contribution in [3.05, 3.63) is 35.4 Å². The monoisotopic (exact) mass is 346 g/mol. The van der Waals surface area contributed by atoms with E-state index in [0.717, 1.165) is 24.5 Å². The predicted octanol–water partition coefficient (Wildman–Crippen LogP) is 1.30. The zero-order chi connectivity index (χ0) is 17.0. The van der Waals surface area contributed by atoms with Gasteiger partial charge in [-0.05, 0) is 43.0 Å². The molecule has 0 aromatic heterocycles. The number of hydrogen-bond donors (Lipinski definition) is 1. The van der Waals surface area contributed by atoms with Crippen LogP contribution in [0.1, 0.15) is 18.4 Å². The summed E-state index contributed by atoms with van der Waals surface area (Å²) >= 11 is 0. The highest BCUT2D eigenvalue weighted by Gasteiger charge is 2.28. The van der Waals surface area contributed by atoms with Crippen LogP contribution in [0, 0.1) is 17.6 Å². The molecule has 0 aliphatic carbocycles. The second-order valence-electron chi connectivity index (χ2n) is 5.71. The Kier molecular flexibility index (Phi) is 5.69. The van der Waals surface area contributed by atoms with Crippen molar-refractivity contribution in [3.8, 4) is 0 Å². The Morgan fingerprint density at radius 1 is 1.30 bits per heavy atom. The van der Waals surface area contributed by atoms with Crippen LogP contribution in [-0.4, -0.2) is 44.5 Å². The Morgan fingerprint density at radius 2 is 1.96 bits per heavy atom. The number of carbonyl (C=O) groups excluding carboxylic acids is 1. The van der Waals surface area contributed by atoms with Gasteiger partial charge >= 0.3 is 0 Å². The molecule has 8 heteroatoms.